The number of hydroxylamine groups is 1. The zero-order valence-electron chi connectivity index (χ0n) is 92.3. The Morgan fingerprint density at radius 1 is 0.420 bits per heavy atom. The number of aryl methyl sites for hydroxylation is 7. The van der Waals surface area contributed by atoms with Gasteiger partial charge in [0.05, 0.1) is 53.7 Å². The Labute approximate surface area is 895 Å². The average molecular weight is 2050 g/mol. The number of phenols is 4. The van der Waals surface area contributed by atoms with Crippen LogP contribution in [-0.2, 0) is 41.5 Å². The maximum Gasteiger partial charge on any atom is 0.236 e. The van der Waals surface area contributed by atoms with Gasteiger partial charge in [-0.25, -0.2) is 25.3 Å². The van der Waals surface area contributed by atoms with Crippen LogP contribution >= 0.6 is 23.5 Å². The number of amides is 2. The molecule has 0 bridgehead atoms. The Morgan fingerprint density at radius 3 is 1.29 bits per heavy atom. The number of ketones is 2. The summed E-state index contributed by atoms with van der Waals surface area (Å²) in [5.74, 6) is 3.88. The number of aromatic hydroxyl groups is 4. The zero-order valence-corrected chi connectivity index (χ0v) is 93.9. The first kappa shape index (κ1) is 115. The smallest absolute Gasteiger partial charge is 0.236 e. The van der Waals surface area contributed by atoms with Gasteiger partial charge in [0, 0.05) is 94.0 Å². The van der Waals surface area contributed by atoms with Gasteiger partial charge in [-0.2, -0.15) is 10.2 Å². The van der Waals surface area contributed by atoms with Crippen molar-refractivity contribution in [3.05, 3.63) is 380 Å². The molecule has 12 aromatic carbocycles. The van der Waals surface area contributed by atoms with Gasteiger partial charge < -0.3 is 35.0 Å². The molecule has 780 valence electrons. The molecule has 1 aliphatic rings. The minimum absolute atomic E-state index is 0.0142. The maximum atomic E-state index is 12.2. The molecule has 16 rings (SSSR count). The predicted octanol–water partition coefficient (Wildman–Crippen LogP) is 30.0. The van der Waals surface area contributed by atoms with Gasteiger partial charge in [0.1, 0.15) is 46.5 Å². The first-order valence-electron chi connectivity index (χ1n) is 50.3. The van der Waals surface area contributed by atoms with E-state index in [1.54, 1.807) is 87.5 Å². The zero-order chi connectivity index (χ0) is 110. The van der Waals surface area contributed by atoms with Crippen LogP contribution in [0.1, 0.15) is 254 Å². The number of methoxy groups -OCH3 is 1. The van der Waals surface area contributed by atoms with Crippen molar-refractivity contribution in [1.82, 2.24) is 30.4 Å². The number of ether oxygens (including phenoxy) is 1. The molecule has 0 radical (unpaired) electrons. The average Bonchev–Trinajstić information content (AvgIpc) is 1.18. The van der Waals surface area contributed by atoms with Crippen molar-refractivity contribution in [1.29, 1.82) is 0 Å². The number of phenolic OH excluding ortho intramolecular Hbond substituents is 4. The number of nitrogens with zero attached hydrogens (tertiary/aromatic N) is 10. The van der Waals surface area contributed by atoms with Crippen molar-refractivity contribution in [2.75, 3.05) is 42.5 Å². The number of amidine groups is 1. The number of pyridine rings is 2. The monoisotopic (exact) mass is 2050 g/mol. The van der Waals surface area contributed by atoms with Gasteiger partial charge in [-0.05, 0) is 253 Å². The number of para-hydroxylation sites is 3. The Balaban J connectivity index is 0.000000173. The molecular formula is C127H145N11O10S2. The number of fused-ring (bicyclic) bond motifs is 1. The number of carbonyl (C=O) groups is 4. The highest BCUT2D eigenvalue weighted by molar-refractivity contribution is 8.03. The van der Waals surface area contributed by atoms with Gasteiger partial charge in [-0.1, -0.05) is 285 Å². The third-order valence-electron chi connectivity index (χ3n) is 25.4. The first-order valence-corrected chi connectivity index (χ1v) is 52.3. The van der Waals surface area contributed by atoms with Gasteiger partial charge >= 0.3 is 0 Å². The molecule has 21 nitrogen and oxygen atoms in total. The van der Waals surface area contributed by atoms with Gasteiger partial charge in [0.15, 0.2) is 23.2 Å². The standard InChI is InChI=1S/C30H46O2S2.C27H30N2O2.C19H15N3O.2C17H18N2O2.C17H18N2O/c1-27(2,3)19-15-21(29(7,8)9)25(31)23(17-19)33-13-14-34-24-18-20(28(4,5)6)16-22(26(24)32)30(10,11)12;1-17-12-18(2)14-20(13-17)22-15-21(27(3,4)5)16-23(24(22)30-6)26-28-25(29-31-26)19-10-8-7-9-11-19;1-13-11-17(19(23)18(12-13)22-20-9-10-21-22)16-8-4-6-14-5-2-3-7-15(14)16;1-10-8-14(21)9-11(2)17(10)18-12(3)15-6-5-7-16(19-15)13(4)20;1-18(14-9-5-3-6-10-14)16(20)13-17(21)19(2)15-11-7-4-8-12-15;1-11-7-5-8-12(2)17(11)18-13(3)15-9-6-10-16(19-15)14(4)20/h15-18,31-32H,13-14H2,1-12H3;7-16,26H,1-6H3,(H,28,29);2-12,23H,1H3;5-9,21H,1-4H3;3-12H,13H2,1-2H3;5-10H,1-4H3. The number of Topliss-reactive ketones (excluding diaryl/α,β-unsaturated/α-hetero) is 2. The highest BCUT2D eigenvalue weighted by Crippen LogP contribution is 2.48. The minimum atomic E-state index is -0.489. The van der Waals surface area contributed by atoms with E-state index in [2.05, 4.69) is 226 Å². The van der Waals surface area contributed by atoms with Gasteiger partial charge in [0.25, 0.3) is 0 Å². The van der Waals surface area contributed by atoms with Crippen LogP contribution in [0.5, 0.6) is 28.7 Å². The van der Waals surface area contributed by atoms with Crippen LogP contribution in [0.25, 0.3) is 38.7 Å². The Morgan fingerprint density at radius 2 is 0.833 bits per heavy atom. The highest BCUT2D eigenvalue weighted by Gasteiger charge is 2.32. The Hall–Kier alpha value is -14.9. The molecule has 150 heavy (non-hydrogen) atoms. The van der Waals surface area contributed by atoms with Crippen LogP contribution in [0.4, 0.5) is 22.7 Å². The number of nitrogens with one attached hydrogen (secondary N) is 1. The largest absolute Gasteiger partial charge is 0.508 e. The second-order valence-corrected chi connectivity index (χ2v) is 45.2. The number of hydrogen-bond acceptors (Lipinski definition) is 20. The molecule has 15 aromatic rings. The molecule has 5 N–H and O–H groups in total. The van der Waals surface area contributed by atoms with E-state index in [1.807, 2.05) is 212 Å². The van der Waals surface area contributed by atoms with E-state index < -0.39 is 6.23 Å². The lowest BCUT2D eigenvalue weighted by molar-refractivity contribution is -0.126. The summed E-state index contributed by atoms with van der Waals surface area (Å²) < 4.78 is 5.95. The molecule has 3 aromatic heterocycles. The fraction of sp³-hybridized carbons (Fsp3) is 0.299. The third-order valence-corrected chi connectivity index (χ3v) is 27.7. The van der Waals surface area contributed by atoms with E-state index in [1.165, 1.54) is 56.3 Å². The second kappa shape index (κ2) is 50.4. The first-order chi connectivity index (χ1) is 70.7. The van der Waals surface area contributed by atoms with Crippen LogP contribution < -0.4 is 20.0 Å². The van der Waals surface area contributed by atoms with Crippen LogP contribution in [0.3, 0.4) is 0 Å². The third kappa shape index (κ3) is 30.7. The fourth-order valence-corrected chi connectivity index (χ4v) is 18.8. The van der Waals surface area contributed by atoms with Gasteiger partial charge in [-0.3, -0.25) is 29.2 Å². The van der Waals surface area contributed by atoms with Gasteiger partial charge in [-0.15, -0.1) is 28.3 Å². The fourth-order valence-electron chi connectivity index (χ4n) is 16.8. The summed E-state index contributed by atoms with van der Waals surface area (Å²) in [6, 6.07) is 86.5. The van der Waals surface area contributed by atoms with E-state index in [0.717, 1.165) is 156 Å². The van der Waals surface area contributed by atoms with Crippen LogP contribution in [0.15, 0.2) is 304 Å². The quantitative estimate of drug-likeness (QED) is 0.0147. The molecular weight excluding hydrogens is 1900 g/mol. The van der Waals surface area contributed by atoms with Crippen molar-refractivity contribution in [2.24, 2.45) is 15.0 Å². The number of benzene rings is 12. The predicted molar refractivity (Wildman–Crippen MR) is 620 cm³/mol. The summed E-state index contributed by atoms with van der Waals surface area (Å²) in [5.41, 5.74) is 29.7. The molecule has 4 heterocycles. The number of anilines is 2. The lowest BCUT2D eigenvalue weighted by Crippen LogP contribution is -2.34. The van der Waals surface area contributed by atoms with Crippen molar-refractivity contribution in [3.8, 4) is 56.7 Å². The number of aliphatic imine (C=N–C) groups is 3. The summed E-state index contributed by atoms with van der Waals surface area (Å²) in [4.78, 5) is 82.1. The summed E-state index contributed by atoms with van der Waals surface area (Å²) >= 11 is 3.40. The van der Waals surface area contributed by atoms with Crippen molar-refractivity contribution in [2.45, 2.75) is 230 Å². The molecule has 2 amide bonds. The number of rotatable bonds is 21. The summed E-state index contributed by atoms with van der Waals surface area (Å²) in [7, 11) is 5.06. The topological polar surface area (TPSA) is 280 Å². The lowest BCUT2D eigenvalue weighted by Gasteiger charge is -2.27. The molecule has 1 aliphatic heterocycles. The molecule has 0 saturated carbocycles. The number of thioether (sulfide) groups is 2. The van der Waals surface area contributed by atoms with E-state index in [9.17, 15) is 39.6 Å². The molecule has 1 unspecified atom stereocenters. The van der Waals surface area contributed by atoms with Crippen molar-refractivity contribution >= 4 is 97.7 Å². The van der Waals surface area contributed by atoms with E-state index in [4.69, 9.17) is 14.6 Å². The van der Waals surface area contributed by atoms with Crippen molar-refractivity contribution in [3.63, 3.8) is 0 Å². The molecule has 1 atom stereocenters. The SMILES string of the molecule is CC(=O)c1cccc(C(C)=Nc2c(C)cc(O)cc2C)n1.CC(=O)c1cccc(C(C)=Nc2c(C)cccc2C)n1.CC(C)(C)c1cc(SCCSc2cc(C(C)(C)C)cc(C(C)(C)C)c2O)c(O)c(C(C)(C)C)c1.CN(C(=O)CC(=O)N(C)c1ccccc1)c1ccccc1.COc1c(-c2cc(C)cc(C)c2)cc(C(C)(C)C)cc1C1N=C(c2ccccc2)NO1.Cc1cc(-c2cccc3ccccc23)c(O)c(-n2nccn2)c1. The molecule has 0 aliphatic carbocycles. The van der Waals surface area contributed by atoms with Crippen LogP contribution in [-0.4, -0.2) is 119 Å². The minimum Gasteiger partial charge on any atom is -0.508 e. The maximum absolute atomic E-state index is 12.2. The van der Waals surface area contributed by atoms with Crippen LogP contribution in [0.2, 0.25) is 0 Å². The Kier molecular flexibility index (Phi) is 38.8. The Bertz CT molecular complexity index is 7210. The number of aromatic nitrogens is 5. The van der Waals surface area contributed by atoms with E-state index >= 15 is 0 Å². The number of carbonyl (C=O) groups excluding carboxylic acids is 4. The summed E-state index contributed by atoms with van der Waals surface area (Å²) in [6.07, 6.45) is 2.55. The van der Waals surface area contributed by atoms with Gasteiger partial charge in [0.2, 0.25) is 18.0 Å². The lowest BCUT2D eigenvalue weighted by atomic mass is 9.80. The second-order valence-electron chi connectivity index (χ2n) is 42.9. The molecule has 0 fully saturated rings. The normalized spacial score (nSPS) is 12.6. The summed E-state index contributed by atoms with van der Waals surface area (Å²) in [5, 5.41) is 53.0. The van der Waals surface area contributed by atoms with Crippen LogP contribution in [0, 0.1) is 48.5 Å². The molecule has 0 saturated heterocycles. The van der Waals surface area contributed by atoms with E-state index in [0.29, 0.717) is 34.3 Å². The van der Waals surface area contributed by atoms with Crippen molar-refractivity contribution < 1.29 is 49.2 Å². The molecule has 23 heteroatoms. The highest BCUT2D eigenvalue weighted by atomic mass is 32.2. The van der Waals surface area contributed by atoms with E-state index in [-0.39, 0.29) is 68.4 Å². The number of hydrogen-bond donors (Lipinski definition) is 5. The summed E-state index contributed by atoms with van der Waals surface area (Å²) in [6.45, 7) is 53.8. The molecule has 0 spiro atoms.